The van der Waals surface area contributed by atoms with Gasteiger partial charge in [0.25, 0.3) is 5.91 Å². The third-order valence-electron chi connectivity index (χ3n) is 7.00. The second kappa shape index (κ2) is 9.78. The zero-order valence-electron chi connectivity index (χ0n) is 18.8. The summed E-state index contributed by atoms with van der Waals surface area (Å²) >= 11 is 0. The van der Waals surface area contributed by atoms with Crippen molar-refractivity contribution in [3.63, 3.8) is 0 Å². The Bertz CT molecular complexity index is 906. The monoisotopic (exact) mass is 440 g/mol. The zero-order valence-corrected chi connectivity index (χ0v) is 18.8. The van der Waals surface area contributed by atoms with Crippen molar-refractivity contribution in [1.29, 1.82) is 0 Å². The fourth-order valence-electron chi connectivity index (χ4n) is 5.05. The first-order valence-corrected chi connectivity index (χ1v) is 11.5. The van der Waals surface area contributed by atoms with Crippen molar-refractivity contribution in [2.75, 3.05) is 44.2 Å². The predicted octanol–water partition coefficient (Wildman–Crippen LogP) is 1.51. The second-order valence-corrected chi connectivity index (χ2v) is 8.89. The quantitative estimate of drug-likeness (QED) is 0.407. The summed E-state index contributed by atoms with van der Waals surface area (Å²) in [7, 11) is 0. The number of esters is 1. The third kappa shape index (κ3) is 4.83. The first-order chi connectivity index (χ1) is 15.5. The number of pyridine rings is 1. The Morgan fingerprint density at radius 1 is 1.28 bits per heavy atom. The van der Waals surface area contributed by atoms with E-state index in [0.29, 0.717) is 18.8 Å². The van der Waals surface area contributed by atoms with Crippen LogP contribution in [-0.4, -0.2) is 66.7 Å². The average Bonchev–Trinajstić information content (AvgIpc) is 3.28. The van der Waals surface area contributed by atoms with Crippen molar-refractivity contribution >= 4 is 17.7 Å². The van der Waals surface area contributed by atoms with Gasteiger partial charge in [-0.15, -0.1) is 0 Å². The minimum atomic E-state index is -1.20. The molecule has 1 saturated carbocycles. The molecule has 0 spiro atoms. The molecule has 172 valence electrons. The van der Waals surface area contributed by atoms with E-state index in [2.05, 4.69) is 26.6 Å². The molecule has 0 radical (unpaired) electrons. The maximum Gasteiger partial charge on any atom is 0.385 e. The van der Waals surface area contributed by atoms with E-state index in [0.717, 1.165) is 76.6 Å². The Morgan fingerprint density at radius 3 is 2.72 bits per heavy atom. The molecule has 0 unspecified atom stereocenters. The second-order valence-electron chi connectivity index (χ2n) is 8.89. The predicted molar refractivity (Wildman–Crippen MR) is 120 cm³/mol. The summed E-state index contributed by atoms with van der Waals surface area (Å²) in [6.45, 7) is 7.30. The Kier molecular flexibility index (Phi) is 6.85. The van der Waals surface area contributed by atoms with Crippen LogP contribution in [0.2, 0.25) is 0 Å². The molecule has 8 nitrogen and oxygen atoms in total. The molecule has 1 saturated heterocycles. The summed E-state index contributed by atoms with van der Waals surface area (Å²) in [6, 6.07) is 1.96. The van der Waals surface area contributed by atoms with Crippen LogP contribution in [0.1, 0.15) is 44.6 Å². The number of nitrogens with two attached hydrogens (primary N) is 1. The van der Waals surface area contributed by atoms with Gasteiger partial charge in [-0.25, -0.2) is 9.78 Å². The number of hydrogen-bond acceptors (Lipinski definition) is 7. The molecule has 0 bridgehead atoms. The molecule has 0 aromatic carbocycles. The first kappa shape index (κ1) is 22.4. The van der Waals surface area contributed by atoms with E-state index in [1.54, 1.807) is 6.92 Å². The summed E-state index contributed by atoms with van der Waals surface area (Å²) in [6.07, 6.45) is 6.46. The lowest BCUT2D eigenvalue weighted by Crippen LogP contribution is -2.50. The average molecular weight is 441 g/mol. The van der Waals surface area contributed by atoms with Gasteiger partial charge in [-0.3, -0.25) is 9.69 Å². The van der Waals surface area contributed by atoms with E-state index in [-0.39, 0.29) is 0 Å². The van der Waals surface area contributed by atoms with Gasteiger partial charge in [0.15, 0.2) is 5.60 Å². The lowest BCUT2D eigenvalue weighted by atomic mass is 9.77. The molecular weight excluding hydrogens is 408 g/mol. The minimum absolute atomic E-state index is 0.477. The number of ether oxygens (including phenoxy) is 2. The molecule has 1 aromatic heterocycles. The standard InChI is InChI=1S/C24H32N4O4/c1-2-3-21(29)32-24(23(25)30)9-4-18(5-10-24)7-12-27-13-15-28(16-14-27)22-19-8-17-31-20(19)6-11-26-22/h6,11,18H,4-5,7-10,12-17H2,1H3,(H2,25,30). The highest BCUT2D eigenvalue weighted by molar-refractivity contribution is 5.93. The Balaban J connectivity index is 1.23. The summed E-state index contributed by atoms with van der Waals surface area (Å²) in [5.41, 5.74) is 5.63. The SMILES string of the molecule is CC#CC(=O)OC1(C(N)=O)CCC(CCN2CCN(c3nccc4c3CCO4)CC2)CC1. The molecule has 1 amide bonds. The Labute approximate surface area is 189 Å². The van der Waals surface area contributed by atoms with E-state index >= 15 is 0 Å². The number of aromatic nitrogens is 1. The lowest BCUT2D eigenvalue weighted by molar-refractivity contribution is -0.166. The van der Waals surface area contributed by atoms with Crippen molar-refractivity contribution in [3.05, 3.63) is 17.8 Å². The number of fused-ring (bicyclic) bond motifs is 1. The summed E-state index contributed by atoms with van der Waals surface area (Å²) in [5, 5.41) is 0. The van der Waals surface area contributed by atoms with Gasteiger partial charge >= 0.3 is 5.97 Å². The van der Waals surface area contributed by atoms with E-state index < -0.39 is 17.5 Å². The Morgan fingerprint density at radius 2 is 2.03 bits per heavy atom. The van der Waals surface area contributed by atoms with Crippen molar-refractivity contribution < 1.29 is 19.1 Å². The molecule has 2 N–H and O–H groups in total. The van der Waals surface area contributed by atoms with E-state index in [9.17, 15) is 9.59 Å². The lowest BCUT2D eigenvalue weighted by Gasteiger charge is -2.39. The molecule has 32 heavy (non-hydrogen) atoms. The van der Waals surface area contributed by atoms with Gasteiger partial charge in [0.1, 0.15) is 11.6 Å². The normalized spacial score (nSPS) is 25.3. The van der Waals surface area contributed by atoms with Crippen LogP contribution in [0.5, 0.6) is 5.75 Å². The molecule has 1 aliphatic carbocycles. The number of hydrogen-bond donors (Lipinski definition) is 1. The fraction of sp³-hybridized carbons (Fsp3) is 0.625. The summed E-state index contributed by atoms with van der Waals surface area (Å²) in [5.74, 6) is 6.18. The van der Waals surface area contributed by atoms with Crippen molar-refractivity contribution in [3.8, 4) is 17.6 Å². The molecule has 0 atom stereocenters. The van der Waals surface area contributed by atoms with Crippen LogP contribution >= 0.6 is 0 Å². The molecule has 2 fully saturated rings. The number of piperazine rings is 1. The molecule has 2 aliphatic heterocycles. The summed E-state index contributed by atoms with van der Waals surface area (Å²) in [4.78, 5) is 33.3. The van der Waals surface area contributed by atoms with Crippen molar-refractivity contribution in [1.82, 2.24) is 9.88 Å². The van der Waals surface area contributed by atoms with E-state index in [1.807, 2.05) is 12.3 Å². The number of rotatable bonds is 6. The first-order valence-electron chi connectivity index (χ1n) is 11.5. The Hall–Kier alpha value is -2.79. The third-order valence-corrected chi connectivity index (χ3v) is 7.00. The molecule has 1 aromatic rings. The molecule has 3 heterocycles. The van der Waals surface area contributed by atoms with Gasteiger partial charge in [-0.05, 0) is 57.6 Å². The fourth-order valence-corrected chi connectivity index (χ4v) is 5.05. The van der Waals surface area contributed by atoms with Gasteiger partial charge in [-0.2, -0.15) is 0 Å². The van der Waals surface area contributed by atoms with Crippen LogP contribution in [-0.2, 0) is 20.7 Å². The number of amides is 1. The number of anilines is 1. The maximum atomic E-state index is 12.0. The highest BCUT2D eigenvalue weighted by atomic mass is 16.6. The number of carbonyl (C=O) groups is 2. The zero-order chi connectivity index (χ0) is 22.6. The van der Waals surface area contributed by atoms with E-state index in [1.165, 1.54) is 5.56 Å². The number of primary amides is 1. The van der Waals surface area contributed by atoms with Crippen LogP contribution in [0.25, 0.3) is 0 Å². The van der Waals surface area contributed by atoms with Crippen molar-refractivity contribution in [2.24, 2.45) is 11.7 Å². The highest BCUT2D eigenvalue weighted by Crippen LogP contribution is 2.37. The van der Waals surface area contributed by atoms with Gasteiger partial charge in [0, 0.05) is 50.3 Å². The summed E-state index contributed by atoms with van der Waals surface area (Å²) < 4.78 is 11.1. The van der Waals surface area contributed by atoms with Crippen molar-refractivity contribution in [2.45, 2.75) is 51.0 Å². The van der Waals surface area contributed by atoms with E-state index in [4.69, 9.17) is 15.2 Å². The van der Waals surface area contributed by atoms with Crippen LogP contribution in [0.15, 0.2) is 12.3 Å². The van der Waals surface area contributed by atoms with Crippen LogP contribution < -0.4 is 15.4 Å². The molecule has 4 rings (SSSR count). The topological polar surface area (TPSA) is 98.0 Å². The number of carbonyl (C=O) groups excluding carboxylic acids is 2. The van der Waals surface area contributed by atoms with Gasteiger partial charge < -0.3 is 20.1 Å². The highest BCUT2D eigenvalue weighted by Gasteiger charge is 2.44. The maximum absolute atomic E-state index is 12.0. The minimum Gasteiger partial charge on any atom is -0.493 e. The van der Waals surface area contributed by atoms with Crippen LogP contribution in [0.3, 0.4) is 0 Å². The van der Waals surface area contributed by atoms with Gasteiger partial charge in [-0.1, -0.05) is 5.92 Å². The van der Waals surface area contributed by atoms with Gasteiger partial charge in [0.05, 0.1) is 6.61 Å². The van der Waals surface area contributed by atoms with Crippen LogP contribution in [0, 0.1) is 17.8 Å². The largest absolute Gasteiger partial charge is 0.493 e. The molecule has 3 aliphatic rings. The number of nitrogens with zero attached hydrogens (tertiary/aromatic N) is 3. The smallest absolute Gasteiger partial charge is 0.385 e. The molecular formula is C24H32N4O4. The molecule has 8 heteroatoms. The van der Waals surface area contributed by atoms with Crippen LogP contribution in [0.4, 0.5) is 5.82 Å². The van der Waals surface area contributed by atoms with Gasteiger partial charge in [0.2, 0.25) is 0 Å².